The normalized spacial score (nSPS) is 14.9. The number of benzene rings is 1. The van der Waals surface area contributed by atoms with Crippen molar-refractivity contribution in [2.24, 2.45) is 5.73 Å². The molecule has 0 aliphatic rings. The Hall–Kier alpha value is -3.54. The highest BCUT2D eigenvalue weighted by molar-refractivity contribution is 5.76. The minimum atomic E-state index is -1.11. The van der Waals surface area contributed by atoms with Crippen molar-refractivity contribution < 1.29 is 52.3 Å². The van der Waals surface area contributed by atoms with Gasteiger partial charge >= 0.3 is 24.4 Å². The summed E-state index contributed by atoms with van der Waals surface area (Å²) >= 11 is 0. The van der Waals surface area contributed by atoms with Gasteiger partial charge in [-0.25, -0.2) is 14.4 Å². The van der Waals surface area contributed by atoms with Crippen molar-refractivity contribution in [1.29, 1.82) is 0 Å². The summed E-state index contributed by atoms with van der Waals surface area (Å²) in [5, 5.41) is 0. The number of nitrogens with two attached hydrogens (primary N) is 1. The van der Waals surface area contributed by atoms with Crippen LogP contribution in [0.2, 0.25) is 0 Å². The van der Waals surface area contributed by atoms with Gasteiger partial charge in [0.15, 0.2) is 11.5 Å². The van der Waals surface area contributed by atoms with Gasteiger partial charge in [0, 0.05) is 0 Å². The monoisotopic (exact) mass is 569 g/mol. The van der Waals surface area contributed by atoms with Crippen LogP contribution < -0.4 is 15.2 Å². The Morgan fingerprint density at radius 2 is 1.25 bits per heavy atom. The van der Waals surface area contributed by atoms with Crippen LogP contribution in [0, 0.1) is 0 Å². The largest absolute Gasteiger partial charge is 0.514 e. The fourth-order valence-corrected chi connectivity index (χ4v) is 2.79. The zero-order valence-corrected chi connectivity index (χ0v) is 24.8. The second-order valence-electron chi connectivity index (χ2n) is 10.4. The molecule has 0 aromatic heterocycles. The van der Waals surface area contributed by atoms with Crippen molar-refractivity contribution in [2.45, 2.75) is 118 Å². The number of ether oxygens (including phenoxy) is 7. The van der Waals surface area contributed by atoms with E-state index in [9.17, 15) is 19.2 Å². The van der Waals surface area contributed by atoms with Crippen LogP contribution in [0.3, 0.4) is 0 Å². The summed E-state index contributed by atoms with van der Waals surface area (Å²) in [6, 6.07) is 3.22. The predicted octanol–water partition coefficient (Wildman–Crippen LogP) is 5.46. The molecule has 5 atom stereocenters. The number of carbonyl (C=O) groups excluding carboxylic acids is 4. The van der Waals surface area contributed by atoms with Crippen LogP contribution in [0.5, 0.6) is 11.5 Å². The fraction of sp³-hybridized carbons (Fsp3) is 0.643. The zero-order valence-electron chi connectivity index (χ0n) is 24.8. The molecule has 12 nitrogen and oxygen atoms in total. The average molecular weight is 570 g/mol. The summed E-state index contributed by atoms with van der Waals surface area (Å²) < 4.78 is 36.4. The van der Waals surface area contributed by atoms with Gasteiger partial charge in [-0.2, -0.15) is 0 Å². The van der Waals surface area contributed by atoms with E-state index in [1.54, 1.807) is 54.5 Å². The second kappa shape index (κ2) is 15.9. The fourth-order valence-electron chi connectivity index (χ4n) is 2.79. The van der Waals surface area contributed by atoms with Crippen molar-refractivity contribution in [2.75, 3.05) is 0 Å². The summed E-state index contributed by atoms with van der Waals surface area (Å²) in [5.74, 6) is -0.959. The highest BCUT2D eigenvalue weighted by atomic mass is 16.8. The molecule has 0 aliphatic heterocycles. The summed E-state index contributed by atoms with van der Waals surface area (Å²) in [6.45, 7) is 15.3. The van der Waals surface area contributed by atoms with E-state index in [1.165, 1.54) is 12.1 Å². The van der Waals surface area contributed by atoms with E-state index in [2.05, 4.69) is 0 Å². The average Bonchev–Trinajstić information content (AvgIpc) is 2.83. The van der Waals surface area contributed by atoms with E-state index >= 15 is 0 Å². The lowest BCUT2D eigenvalue weighted by Gasteiger charge is -2.24. The van der Waals surface area contributed by atoms with Crippen LogP contribution in [0.4, 0.5) is 14.4 Å². The third kappa shape index (κ3) is 13.0. The Labute approximate surface area is 235 Å². The van der Waals surface area contributed by atoms with E-state index < -0.39 is 54.4 Å². The van der Waals surface area contributed by atoms with Gasteiger partial charge in [0.2, 0.25) is 0 Å². The van der Waals surface area contributed by atoms with Gasteiger partial charge in [-0.15, -0.1) is 0 Å². The van der Waals surface area contributed by atoms with Crippen LogP contribution in [-0.2, 0) is 34.9 Å². The highest BCUT2D eigenvalue weighted by Crippen LogP contribution is 2.30. The van der Waals surface area contributed by atoms with E-state index in [1.807, 2.05) is 13.8 Å². The molecule has 0 amide bonds. The quantitative estimate of drug-likeness (QED) is 0.193. The van der Waals surface area contributed by atoms with Gasteiger partial charge in [0.1, 0.15) is 36.1 Å². The SMILES string of the molecule is CCC(C)OC(=O)Oc1ccc(C[C@H](N)C(=O)O[C@@H](C)[C@H](C)OC(=O)OC(C)(C)C)cc1OC(=O)OC(C)CC. The topological polar surface area (TPSA) is 159 Å². The summed E-state index contributed by atoms with van der Waals surface area (Å²) in [6.07, 6.45) is -4.11. The van der Waals surface area contributed by atoms with Gasteiger partial charge in [0.25, 0.3) is 0 Å². The first kappa shape index (κ1) is 34.5. The first-order valence-corrected chi connectivity index (χ1v) is 13.3. The van der Waals surface area contributed by atoms with Crippen molar-refractivity contribution in [1.82, 2.24) is 0 Å². The smallest absolute Gasteiger partial charge is 0.458 e. The van der Waals surface area contributed by atoms with Gasteiger partial charge in [-0.3, -0.25) is 4.79 Å². The molecule has 12 heteroatoms. The van der Waals surface area contributed by atoms with E-state index in [0.29, 0.717) is 18.4 Å². The molecule has 1 aromatic carbocycles. The lowest BCUT2D eigenvalue weighted by molar-refractivity contribution is -0.156. The van der Waals surface area contributed by atoms with Crippen molar-refractivity contribution in [3.05, 3.63) is 23.8 Å². The molecule has 226 valence electrons. The maximum absolute atomic E-state index is 12.6. The Balaban J connectivity index is 2.95. The van der Waals surface area contributed by atoms with Crippen molar-refractivity contribution in [3.8, 4) is 11.5 Å². The Morgan fingerprint density at radius 3 is 1.75 bits per heavy atom. The minimum absolute atomic E-state index is 0.0127. The summed E-state index contributed by atoms with van der Waals surface area (Å²) in [7, 11) is 0. The van der Waals surface area contributed by atoms with Crippen LogP contribution >= 0.6 is 0 Å². The number of hydrogen-bond acceptors (Lipinski definition) is 12. The van der Waals surface area contributed by atoms with Gasteiger partial charge in [0.05, 0.1) is 0 Å². The van der Waals surface area contributed by atoms with E-state index in [-0.39, 0.29) is 24.0 Å². The Bertz CT molecular complexity index is 1000. The van der Waals surface area contributed by atoms with Crippen molar-refractivity contribution >= 4 is 24.4 Å². The van der Waals surface area contributed by atoms with Crippen LogP contribution in [0.25, 0.3) is 0 Å². The minimum Gasteiger partial charge on any atom is -0.458 e. The molecular weight excluding hydrogens is 526 g/mol. The number of esters is 1. The van der Waals surface area contributed by atoms with Crippen LogP contribution in [0.15, 0.2) is 18.2 Å². The highest BCUT2D eigenvalue weighted by Gasteiger charge is 2.27. The molecule has 0 fully saturated rings. The molecule has 40 heavy (non-hydrogen) atoms. The number of carbonyl (C=O) groups is 4. The first-order valence-electron chi connectivity index (χ1n) is 13.3. The third-order valence-electron chi connectivity index (χ3n) is 5.53. The maximum Gasteiger partial charge on any atom is 0.514 e. The maximum atomic E-state index is 12.6. The number of hydrogen-bond donors (Lipinski definition) is 1. The lowest BCUT2D eigenvalue weighted by Crippen LogP contribution is -2.40. The van der Waals surface area contributed by atoms with Crippen LogP contribution in [-0.4, -0.2) is 60.5 Å². The second-order valence-corrected chi connectivity index (χ2v) is 10.4. The first-order chi connectivity index (χ1) is 18.5. The number of rotatable bonds is 12. The van der Waals surface area contributed by atoms with E-state index in [0.717, 1.165) is 0 Å². The van der Waals surface area contributed by atoms with Crippen LogP contribution in [0.1, 0.15) is 80.7 Å². The molecule has 2 unspecified atom stereocenters. The Morgan fingerprint density at radius 1 is 0.750 bits per heavy atom. The molecule has 0 radical (unpaired) electrons. The summed E-state index contributed by atoms with van der Waals surface area (Å²) in [5.41, 5.74) is 5.80. The molecule has 0 spiro atoms. The molecule has 0 aliphatic carbocycles. The molecule has 0 heterocycles. The van der Waals surface area contributed by atoms with Crippen molar-refractivity contribution in [3.63, 3.8) is 0 Å². The molecule has 0 saturated heterocycles. The molecule has 2 N–H and O–H groups in total. The molecule has 1 rings (SSSR count). The van der Waals surface area contributed by atoms with Gasteiger partial charge in [-0.1, -0.05) is 19.9 Å². The standard InChI is InChI=1S/C28H43NO11/c1-10-16(3)34-25(31)38-22-13-12-20(15-23(22)39-26(32)35-17(4)11-2)14-21(29)24(30)36-18(5)19(6)37-27(33)40-28(7,8)9/h12-13,15-19,21H,10-11,14,29H2,1-9H3/t16?,17?,18-,19-,21-/m0/s1. The lowest BCUT2D eigenvalue weighted by atomic mass is 10.1. The van der Waals surface area contributed by atoms with Gasteiger partial charge in [-0.05, 0) is 85.4 Å². The molecular formula is C28H43NO11. The predicted molar refractivity (Wildman–Crippen MR) is 144 cm³/mol. The zero-order chi connectivity index (χ0) is 30.6. The van der Waals surface area contributed by atoms with Gasteiger partial charge < -0.3 is 38.9 Å². The summed E-state index contributed by atoms with van der Waals surface area (Å²) in [4.78, 5) is 48.9. The molecule has 0 bridgehead atoms. The Kier molecular flexibility index (Phi) is 13.7. The molecule has 0 saturated carbocycles. The molecule has 1 aromatic rings. The van der Waals surface area contributed by atoms with E-state index in [4.69, 9.17) is 38.9 Å². The third-order valence-corrected chi connectivity index (χ3v) is 5.53.